The molecule has 1 saturated carbocycles. The molecule has 1 fully saturated rings. The number of fused-ring (bicyclic) bond motifs is 2. The summed E-state index contributed by atoms with van der Waals surface area (Å²) in [5.41, 5.74) is 1.63. The van der Waals surface area contributed by atoms with E-state index in [1.54, 1.807) is 25.1 Å². The molecule has 1 aliphatic heterocycles. The molecule has 0 saturated heterocycles. The lowest BCUT2D eigenvalue weighted by molar-refractivity contribution is 0.299. The van der Waals surface area contributed by atoms with E-state index >= 15 is 0 Å². The van der Waals surface area contributed by atoms with Crippen LogP contribution in [0.4, 0.5) is 13.2 Å². The van der Waals surface area contributed by atoms with E-state index in [0.29, 0.717) is 35.6 Å². The van der Waals surface area contributed by atoms with Crippen LogP contribution in [0.2, 0.25) is 0 Å². The van der Waals surface area contributed by atoms with Gasteiger partial charge in [-0.2, -0.15) is 8.78 Å². The predicted octanol–water partition coefficient (Wildman–Crippen LogP) is 7.27. The highest BCUT2D eigenvalue weighted by Crippen LogP contribution is 2.46. The molecular weight excluding hydrogens is 377 g/mol. The summed E-state index contributed by atoms with van der Waals surface area (Å²) in [5.74, 6) is -2.04. The first-order chi connectivity index (χ1) is 14.0. The summed E-state index contributed by atoms with van der Waals surface area (Å²) >= 11 is 0. The Morgan fingerprint density at radius 2 is 1.66 bits per heavy atom. The third-order valence-corrected chi connectivity index (χ3v) is 6.28. The zero-order valence-corrected chi connectivity index (χ0v) is 17.0. The highest BCUT2D eigenvalue weighted by atomic mass is 19.2. The molecule has 0 spiro atoms. The van der Waals surface area contributed by atoms with E-state index < -0.39 is 17.5 Å². The van der Waals surface area contributed by atoms with Gasteiger partial charge in [0, 0.05) is 17.5 Å². The molecule has 0 atom stereocenters. The second-order valence-corrected chi connectivity index (χ2v) is 8.17. The fourth-order valence-corrected chi connectivity index (χ4v) is 4.79. The molecule has 2 aromatic carbocycles. The first-order valence-corrected chi connectivity index (χ1v) is 10.7. The van der Waals surface area contributed by atoms with Crippen molar-refractivity contribution in [1.29, 1.82) is 0 Å². The largest absolute Gasteiger partial charge is 0.491 e. The van der Waals surface area contributed by atoms with E-state index in [4.69, 9.17) is 9.47 Å². The van der Waals surface area contributed by atoms with Gasteiger partial charge in [-0.05, 0) is 62.1 Å². The molecule has 0 N–H and O–H groups in total. The van der Waals surface area contributed by atoms with Crippen molar-refractivity contribution in [2.75, 3.05) is 6.61 Å². The standard InChI is InChI=1S/C24H27F3O2/c1-3-5-14-6-8-15(9-7-14)18-13-17-12-16-10-11-19(28-4-2)21(26)23(16)29-24(17)22(27)20(18)25/h10-11,13-15H,3-9,12H2,1-2H3. The third kappa shape index (κ3) is 3.72. The minimum absolute atomic E-state index is 0.0290. The number of hydrogen-bond donors (Lipinski definition) is 0. The SMILES string of the molecule is CCCC1CCC(c2cc3c(c(F)c2F)Oc2c(ccc(OCC)c2F)C3)CC1. The molecule has 0 amide bonds. The van der Waals surface area contributed by atoms with Crippen LogP contribution < -0.4 is 9.47 Å². The fraction of sp³-hybridized carbons (Fsp3) is 0.500. The zero-order chi connectivity index (χ0) is 20.5. The number of hydrogen-bond acceptors (Lipinski definition) is 2. The van der Waals surface area contributed by atoms with Crippen molar-refractivity contribution in [3.05, 3.63) is 52.3 Å². The lowest BCUT2D eigenvalue weighted by Crippen LogP contribution is -2.16. The second kappa shape index (κ2) is 8.29. The number of ether oxygens (including phenoxy) is 2. The van der Waals surface area contributed by atoms with Crippen molar-refractivity contribution in [2.24, 2.45) is 5.92 Å². The van der Waals surface area contributed by atoms with Crippen LogP contribution in [0.25, 0.3) is 0 Å². The van der Waals surface area contributed by atoms with E-state index in [1.807, 2.05) is 0 Å². The molecule has 2 nitrogen and oxygen atoms in total. The number of rotatable bonds is 5. The Bertz CT molecular complexity index is 902. The van der Waals surface area contributed by atoms with Gasteiger partial charge < -0.3 is 9.47 Å². The van der Waals surface area contributed by atoms with Gasteiger partial charge in [0.05, 0.1) is 6.61 Å². The van der Waals surface area contributed by atoms with Gasteiger partial charge in [-0.15, -0.1) is 0 Å². The fourth-order valence-electron chi connectivity index (χ4n) is 4.79. The molecule has 4 rings (SSSR count). The van der Waals surface area contributed by atoms with Gasteiger partial charge in [0.25, 0.3) is 0 Å². The van der Waals surface area contributed by atoms with Crippen LogP contribution in [-0.2, 0) is 6.42 Å². The molecule has 2 aromatic rings. The highest BCUT2D eigenvalue weighted by molar-refractivity contribution is 5.55. The summed E-state index contributed by atoms with van der Waals surface area (Å²) in [7, 11) is 0. The van der Waals surface area contributed by atoms with Crippen molar-refractivity contribution in [3.63, 3.8) is 0 Å². The Labute approximate surface area is 170 Å². The summed E-state index contributed by atoms with van der Waals surface area (Å²) in [6, 6.07) is 5.01. The van der Waals surface area contributed by atoms with Crippen LogP contribution in [0.3, 0.4) is 0 Å². The van der Waals surface area contributed by atoms with Crippen LogP contribution >= 0.6 is 0 Å². The van der Waals surface area contributed by atoms with Crippen molar-refractivity contribution < 1.29 is 22.6 Å². The van der Waals surface area contributed by atoms with Gasteiger partial charge in [0.2, 0.25) is 11.6 Å². The smallest absolute Gasteiger partial charge is 0.207 e. The molecule has 0 bridgehead atoms. The maximum atomic E-state index is 14.9. The molecule has 0 unspecified atom stereocenters. The van der Waals surface area contributed by atoms with E-state index in [2.05, 4.69) is 6.92 Å². The average Bonchev–Trinajstić information content (AvgIpc) is 2.73. The van der Waals surface area contributed by atoms with Gasteiger partial charge in [-0.3, -0.25) is 0 Å². The van der Waals surface area contributed by atoms with Gasteiger partial charge in [0.1, 0.15) is 0 Å². The third-order valence-electron chi connectivity index (χ3n) is 6.28. The Balaban J connectivity index is 1.63. The molecule has 2 aliphatic rings. The second-order valence-electron chi connectivity index (χ2n) is 8.17. The number of benzene rings is 2. The molecule has 0 radical (unpaired) electrons. The maximum absolute atomic E-state index is 14.9. The average molecular weight is 404 g/mol. The van der Waals surface area contributed by atoms with E-state index in [0.717, 1.165) is 32.1 Å². The van der Waals surface area contributed by atoms with Crippen LogP contribution in [0, 0.1) is 23.4 Å². The van der Waals surface area contributed by atoms with Crippen LogP contribution in [-0.4, -0.2) is 6.61 Å². The summed E-state index contributed by atoms with van der Waals surface area (Å²) in [6.45, 7) is 4.24. The lowest BCUT2D eigenvalue weighted by atomic mass is 9.76. The normalized spacial score (nSPS) is 20.6. The minimum Gasteiger partial charge on any atom is -0.491 e. The molecule has 156 valence electrons. The number of halogens is 3. The first kappa shape index (κ1) is 20.1. The zero-order valence-electron chi connectivity index (χ0n) is 17.0. The monoisotopic (exact) mass is 404 g/mol. The minimum atomic E-state index is -1.01. The van der Waals surface area contributed by atoms with E-state index in [1.165, 1.54) is 6.42 Å². The Morgan fingerprint density at radius 3 is 2.34 bits per heavy atom. The lowest BCUT2D eigenvalue weighted by Gasteiger charge is -2.30. The van der Waals surface area contributed by atoms with Crippen LogP contribution in [0.1, 0.15) is 75.0 Å². The van der Waals surface area contributed by atoms with Gasteiger partial charge in [0.15, 0.2) is 23.1 Å². The Hall–Kier alpha value is -2.17. The predicted molar refractivity (Wildman–Crippen MR) is 106 cm³/mol. The summed E-state index contributed by atoms with van der Waals surface area (Å²) in [6.07, 6.45) is 6.54. The van der Waals surface area contributed by atoms with Crippen LogP contribution in [0.15, 0.2) is 18.2 Å². The van der Waals surface area contributed by atoms with Crippen molar-refractivity contribution in [3.8, 4) is 17.2 Å². The van der Waals surface area contributed by atoms with Crippen LogP contribution in [0.5, 0.6) is 17.2 Å². The van der Waals surface area contributed by atoms with Crippen molar-refractivity contribution >= 4 is 0 Å². The van der Waals surface area contributed by atoms with E-state index in [-0.39, 0.29) is 23.2 Å². The molecular formula is C24H27F3O2. The summed E-state index contributed by atoms with van der Waals surface area (Å²) in [4.78, 5) is 0. The maximum Gasteiger partial charge on any atom is 0.207 e. The first-order valence-electron chi connectivity index (χ1n) is 10.7. The van der Waals surface area contributed by atoms with Crippen molar-refractivity contribution in [1.82, 2.24) is 0 Å². The van der Waals surface area contributed by atoms with Gasteiger partial charge in [-0.1, -0.05) is 25.8 Å². The molecule has 1 heterocycles. The van der Waals surface area contributed by atoms with Gasteiger partial charge in [-0.25, -0.2) is 4.39 Å². The summed E-state index contributed by atoms with van der Waals surface area (Å²) in [5, 5.41) is 0. The Kier molecular flexibility index (Phi) is 5.75. The molecule has 0 aromatic heterocycles. The molecule has 29 heavy (non-hydrogen) atoms. The van der Waals surface area contributed by atoms with E-state index in [9.17, 15) is 13.2 Å². The Morgan fingerprint density at radius 1 is 0.931 bits per heavy atom. The van der Waals surface area contributed by atoms with Gasteiger partial charge >= 0.3 is 0 Å². The topological polar surface area (TPSA) is 18.5 Å². The highest BCUT2D eigenvalue weighted by Gasteiger charge is 2.32. The summed E-state index contributed by atoms with van der Waals surface area (Å²) < 4.78 is 55.3. The molecule has 1 aliphatic carbocycles. The van der Waals surface area contributed by atoms with Crippen molar-refractivity contribution in [2.45, 2.75) is 64.7 Å². The molecule has 5 heteroatoms. The quantitative estimate of drug-likeness (QED) is 0.445.